The van der Waals surface area contributed by atoms with Gasteiger partial charge in [0, 0.05) is 38.4 Å². The van der Waals surface area contributed by atoms with Gasteiger partial charge in [-0.15, -0.1) is 0 Å². The van der Waals surface area contributed by atoms with E-state index in [-0.39, 0.29) is 41.0 Å². The van der Waals surface area contributed by atoms with Crippen LogP contribution in [0.5, 0.6) is 5.75 Å². The molecule has 1 aromatic carbocycles. The van der Waals surface area contributed by atoms with Gasteiger partial charge in [-0.05, 0) is 37.1 Å². The largest absolute Gasteiger partial charge is 0.433 e. The lowest BCUT2D eigenvalue weighted by molar-refractivity contribution is -0.138. The molecule has 0 aliphatic carbocycles. The van der Waals surface area contributed by atoms with E-state index in [4.69, 9.17) is 11.6 Å². The van der Waals surface area contributed by atoms with Gasteiger partial charge in [-0.2, -0.15) is 22.0 Å². The van der Waals surface area contributed by atoms with Gasteiger partial charge < -0.3 is 14.7 Å². The van der Waals surface area contributed by atoms with E-state index >= 15 is 0 Å². The number of benzene rings is 1. The Kier molecular flexibility index (Phi) is 6.71. The van der Waals surface area contributed by atoms with Crippen molar-refractivity contribution in [1.82, 2.24) is 14.8 Å². The second-order valence-electron chi connectivity index (χ2n) is 8.37. The first-order chi connectivity index (χ1) is 16.0. The number of rotatable bonds is 4. The summed E-state index contributed by atoms with van der Waals surface area (Å²) in [6.07, 6.45) is -3.06. The van der Waals surface area contributed by atoms with Crippen LogP contribution in [0.2, 0.25) is 5.02 Å². The summed E-state index contributed by atoms with van der Waals surface area (Å²) in [5, 5.41) is 10.9. The Morgan fingerprint density at radius 1 is 1.24 bits per heavy atom. The van der Waals surface area contributed by atoms with Crippen molar-refractivity contribution in [2.24, 2.45) is 0 Å². The van der Waals surface area contributed by atoms with Crippen LogP contribution in [0.25, 0.3) is 0 Å². The third-order valence-corrected chi connectivity index (χ3v) is 6.61. The van der Waals surface area contributed by atoms with Gasteiger partial charge in [0.2, 0.25) is 0 Å². The lowest BCUT2D eigenvalue weighted by atomic mass is 9.84. The van der Waals surface area contributed by atoms with Crippen LogP contribution in [-0.2, 0) is 11.8 Å². The SMILES string of the molecule is O=C(c1cccc(OC(F)F)c1Cl)N1CCN2C[C@@](O)(c3ccc(C(F)(F)F)cn3)CC[C@@H]2C1. The highest BCUT2D eigenvalue weighted by atomic mass is 35.5. The molecule has 2 aliphatic rings. The first-order valence-corrected chi connectivity index (χ1v) is 10.9. The molecule has 1 N–H and O–H groups in total. The first kappa shape index (κ1) is 24.6. The molecule has 2 atom stereocenters. The molecule has 12 heteroatoms. The predicted molar refractivity (Wildman–Crippen MR) is 112 cm³/mol. The fraction of sp³-hybridized carbons (Fsp3) is 0.455. The topological polar surface area (TPSA) is 65.9 Å². The minimum Gasteiger partial charge on any atom is -0.433 e. The van der Waals surface area contributed by atoms with E-state index in [2.05, 4.69) is 9.72 Å². The molecule has 0 radical (unpaired) electrons. The van der Waals surface area contributed by atoms with Crippen LogP contribution in [0.1, 0.15) is 34.5 Å². The van der Waals surface area contributed by atoms with Gasteiger partial charge in [-0.3, -0.25) is 14.7 Å². The molecule has 4 rings (SSSR count). The van der Waals surface area contributed by atoms with Gasteiger partial charge in [-0.1, -0.05) is 17.7 Å². The molecule has 1 aromatic heterocycles. The lowest BCUT2D eigenvalue weighted by Crippen LogP contribution is -2.60. The summed E-state index contributed by atoms with van der Waals surface area (Å²) in [6, 6.07) is 6.10. The maximum Gasteiger partial charge on any atom is 0.417 e. The summed E-state index contributed by atoms with van der Waals surface area (Å²) < 4.78 is 68.0. The molecule has 2 aromatic rings. The number of aromatic nitrogens is 1. The number of aliphatic hydroxyl groups is 1. The number of carbonyl (C=O) groups is 1. The van der Waals surface area contributed by atoms with Crippen molar-refractivity contribution >= 4 is 17.5 Å². The van der Waals surface area contributed by atoms with Crippen LogP contribution in [0.4, 0.5) is 22.0 Å². The molecule has 2 aliphatic heterocycles. The van der Waals surface area contributed by atoms with Crippen molar-refractivity contribution in [1.29, 1.82) is 0 Å². The minimum absolute atomic E-state index is 0.0505. The Hall–Kier alpha value is -2.50. The van der Waals surface area contributed by atoms with Crippen molar-refractivity contribution in [2.45, 2.75) is 37.3 Å². The summed E-state index contributed by atoms with van der Waals surface area (Å²) in [5.74, 6) is -0.706. The van der Waals surface area contributed by atoms with E-state index in [1.165, 1.54) is 24.3 Å². The monoisotopic (exact) mass is 505 g/mol. The number of amides is 1. The van der Waals surface area contributed by atoms with E-state index in [1.807, 2.05) is 4.90 Å². The number of fused-ring (bicyclic) bond motifs is 1. The lowest BCUT2D eigenvalue weighted by Gasteiger charge is -2.49. The number of piperidine rings is 1. The number of carbonyl (C=O) groups excluding carboxylic acids is 1. The molecule has 184 valence electrons. The van der Waals surface area contributed by atoms with Crippen LogP contribution < -0.4 is 4.74 Å². The molecule has 0 bridgehead atoms. The van der Waals surface area contributed by atoms with Gasteiger partial charge in [0.15, 0.2) is 0 Å². The summed E-state index contributed by atoms with van der Waals surface area (Å²) in [7, 11) is 0. The van der Waals surface area contributed by atoms with Crippen LogP contribution in [0.3, 0.4) is 0 Å². The summed E-state index contributed by atoms with van der Waals surface area (Å²) in [5.41, 5.74) is -2.08. The summed E-state index contributed by atoms with van der Waals surface area (Å²) >= 11 is 6.12. The maximum absolute atomic E-state index is 13.0. The second kappa shape index (κ2) is 9.27. The number of hydrogen-bond donors (Lipinski definition) is 1. The van der Waals surface area contributed by atoms with Crippen LogP contribution in [-0.4, -0.2) is 64.6 Å². The van der Waals surface area contributed by atoms with Crippen LogP contribution in [0.15, 0.2) is 36.5 Å². The molecule has 34 heavy (non-hydrogen) atoms. The molecule has 6 nitrogen and oxygen atoms in total. The molecular weight excluding hydrogens is 485 g/mol. The smallest absolute Gasteiger partial charge is 0.417 e. The Balaban J connectivity index is 1.44. The third kappa shape index (κ3) is 4.96. The van der Waals surface area contributed by atoms with Crippen molar-refractivity contribution in [3.05, 3.63) is 58.4 Å². The molecule has 0 spiro atoms. The van der Waals surface area contributed by atoms with E-state index in [1.54, 1.807) is 4.90 Å². The average Bonchev–Trinajstić information content (AvgIpc) is 2.79. The molecule has 2 saturated heterocycles. The van der Waals surface area contributed by atoms with Crippen LogP contribution in [0, 0.1) is 0 Å². The number of ether oxygens (including phenoxy) is 1. The van der Waals surface area contributed by atoms with Crippen molar-refractivity contribution in [3.8, 4) is 5.75 Å². The highest BCUT2D eigenvalue weighted by molar-refractivity contribution is 6.35. The number of pyridine rings is 1. The molecule has 3 heterocycles. The number of halogens is 6. The van der Waals surface area contributed by atoms with Gasteiger partial charge in [0.05, 0.1) is 21.8 Å². The number of alkyl halides is 5. The highest BCUT2D eigenvalue weighted by Gasteiger charge is 2.43. The molecule has 0 saturated carbocycles. The first-order valence-electron chi connectivity index (χ1n) is 10.5. The number of nitrogens with zero attached hydrogens (tertiary/aromatic N) is 3. The van der Waals surface area contributed by atoms with E-state index in [0.717, 1.165) is 6.07 Å². The fourth-order valence-corrected chi connectivity index (χ4v) is 4.71. The number of piperazine rings is 1. The van der Waals surface area contributed by atoms with Gasteiger partial charge in [0.1, 0.15) is 11.4 Å². The zero-order valence-electron chi connectivity index (χ0n) is 17.7. The van der Waals surface area contributed by atoms with E-state index in [9.17, 15) is 31.9 Å². The summed E-state index contributed by atoms with van der Waals surface area (Å²) in [4.78, 5) is 20.4. The van der Waals surface area contributed by atoms with Crippen molar-refractivity contribution < 1.29 is 36.6 Å². The van der Waals surface area contributed by atoms with Crippen molar-refractivity contribution in [3.63, 3.8) is 0 Å². The van der Waals surface area contributed by atoms with Gasteiger partial charge in [-0.25, -0.2) is 0 Å². The van der Waals surface area contributed by atoms with Crippen molar-refractivity contribution in [2.75, 3.05) is 26.2 Å². The third-order valence-electron chi connectivity index (χ3n) is 6.23. The maximum atomic E-state index is 13.0. The Labute approximate surface area is 196 Å². The standard InChI is InChI=1S/C22H21ClF5N3O3/c23-18-15(2-1-3-16(18)34-20(24)25)19(32)30-8-9-31-12-21(33,7-6-14(31)11-30)17-5-4-13(10-29-17)22(26,27)28/h1-5,10,14,20,33H,6-9,11-12H2/t14-,21-/m1/s1. The normalized spacial score (nSPS) is 23.6. The number of hydrogen-bond acceptors (Lipinski definition) is 5. The van der Waals surface area contributed by atoms with Gasteiger partial charge >= 0.3 is 12.8 Å². The Morgan fingerprint density at radius 3 is 2.65 bits per heavy atom. The zero-order valence-corrected chi connectivity index (χ0v) is 18.5. The highest BCUT2D eigenvalue weighted by Crippen LogP contribution is 2.37. The second-order valence-corrected chi connectivity index (χ2v) is 8.75. The molecule has 0 unspecified atom stereocenters. The Morgan fingerprint density at radius 2 is 2.00 bits per heavy atom. The summed E-state index contributed by atoms with van der Waals surface area (Å²) in [6.45, 7) is -1.89. The fourth-order valence-electron chi connectivity index (χ4n) is 4.46. The molecule has 2 fully saturated rings. The quantitative estimate of drug-likeness (QED) is 0.632. The van der Waals surface area contributed by atoms with Crippen LogP contribution >= 0.6 is 11.6 Å². The molecular formula is C22H21ClF5N3O3. The van der Waals surface area contributed by atoms with E-state index < -0.39 is 29.9 Å². The zero-order chi connectivity index (χ0) is 24.7. The average molecular weight is 506 g/mol. The minimum atomic E-state index is -4.51. The van der Waals surface area contributed by atoms with Gasteiger partial charge in [0.25, 0.3) is 5.91 Å². The predicted octanol–water partition coefficient (Wildman–Crippen LogP) is 4.16. The van der Waals surface area contributed by atoms with E-state index in [0.29, 0.717) is 32.3 Å². The molecule has 1 amide bonds. The Bertz CT molecular complexity index is 1050.